The first-order chi connectivity index (χ1) is 11.5. The minimum atomic E-state index is -0.379. The fraction of sp³-hybridized carbons (Fsp3) is 0.235. The summed E-state index contributed by atoms with van der Waals surface area (Å²) in [4.78, 5) is 16.1. The number of amides is 2. The van der Waals surface area contributed by atoms with Crippen molar-refractivity contribution >= 4 is 40.6 Å². The standard InChI is InChI=1S/C17H16Cl2FN3O/c18-12-8-13(19)10-16(9-12)22-4-6-23(7-5-22)17(24)21-15-3-1-2-14(20)11-15/h1-3,8-11H,4-7H2,(H,21,24). The summed E-state index contributed by atoms with van der Waals surface area (Å²) in [6.45, 7) is 2.47. The third kappa shape index (κ3) is 4.10. The Labute approximate surface area is 149 Å². The van der Waals surface area contributed by atoms with E-state index in [-0.39, 0.29) is 11.8 Å². The molecule has 24 heavy (non-hydrogen) atoms. The van der Waals surface area contributed by atoms with Crippen molar-refractivity contribution < 1.29 is 9.18 Å². The predicted molar refractivity (Wildman–Crippen MR) is 95.7 cm³/mol. The molecule has 4 nitrogen and oxygen atoms in total. The summed E-state index contributed by atoms with van der Waals surface area (Å²) in [5.41, 5.74) is 1.39. The van der Waals surface area contributed by atoms with E-state index in [9.17, 15) is 9.18 Å². The van der Waals surface area contributed by atoms with E-state index in [2.05, 4.69) is 10.2 Å². The maximum absolute atomic E-state index is 13.2. The lowest BCUT2D eigenvalue weighted by Crippen LogP contribution is -2.50. The smallest absolute Gasteiger partial charge is 0.321 e. The maximum Gasteiger partial charge on any atom is 0.321 e. The summed E-state index contributed by atoms with van der Waals surface area (Å²) in [6, 6.07) is 11.0. The van der Waals surface area contributed by atoms with Crippen LogP contribution >= 0.6 is 23.2 Å². The van der Waals surface area contributed by atoms with Gasteiger partial charge in [0.1, 0.15) is 5.82 Å². The number of hydrogen-bond acceptors (Lipinski definition) is 2. The molecule has 3 rings (SSSR count). The first-order valence-electron chi connectivity index (χ1n) is 7.54. The molecule has 7 heteroatoms. The first kappa shape index (κ1) is 16.9. The van der Waals surface area contributed by atoms with Gasteiger partial charge in [0.05, 0.1) is 0 Å². The second-order valence-electron chi connectivity index (χ2n) is 5.54. The van der Waals surface area contributed by atoms with E-state index < -0.39 is 0 Å². The van der Waals surface area contributed by atoms with Crippen molar-refractivity contribution in [3.05, 3.63) is 58.3 Å². The largest absolute Gasteiger partial charge is 0.368 e. The number of anilines is 2. The lowest BCUT2D eigenvalue weighted by Gasteiger charge is -2.36. The molecule has 1 saturated heterocycles. The molecule has 0 atom stereocenters. The quantitative estimate of drug-likeness (QED) is 0.848. The van der Waals surface area contributed by atoms with Crippen molar-refractivity contribution in [3.63, 3.8) is 0 Å². The third-order valence-corrected chi connectivity index (χ3v) is 4.29. The molecule has 1 heterocycles. The molecule has 2 amide bonds. The minimum Gasteiger partial charge on any atom is -0.368 e. The van der Waals surface area contributed by atoms with E-state index in [0.29, 0.717) is 41.9 Å². The van der Waals surface area contributed by atoms with Crippen molar-refractivity contribution in [2.45, 2.75) is 0 Å². The summed E-state index contributed by atoms with van der Waals surface area (Å²) < 4.78 is 13.2. The molecule has 0 spiro atoms. The highest BCUT2D eigenvalue weighted by molar-refractivity contribution is 6.35. The number of hydrogen-bond donors (Lipinski definition) is 1. The van der Waals surface area contributed by atoms with Crippen LogP contribution in [0.15, 0.2) is 42.5 Å². The van der Waals surface area contributed by atoms with Gasteiger partial charge in [-0.25, -0.2) is 9.18 Å². The molecule has 0 radical (unpaired) electrons. The highest BCUT2D eigenvalue weighted by Gasteiger charge is 2.21. The zero-order chi connectivity index (χ0) is 17.1. The van der Waals surface area contributed by atoms with Crippen molar-refractivity contribution in [1.29, 1.82) is 0 Å². The van der Waals surface area contributed by atoms with Crippen molar-refractivity contribution in [2.75, 3.05) is 36.4 Å². The second kappa shape index (κ2) is 7.28. The Kier molecular flexibility index (Phi) is 5.11. The highest BCUT2D eigenvalue weighted by Crippen LogP contribution is 2.26. The maximum atomic E-state index is 13.2. The van der Waals surface area contributed by atoms with Crippen LogP contribution in [0.4, 0.5) is 20.6 Å². The van der Waals surface area contributed by atoms with Crippen molar-refractivity contribution in [1.82, 2.24) is 4.90 Å². The summed E-state index contributed by atoms with van der Waals surface area (Å²) in [6.07, 6.45) is 0. The molecule has 0 aromatic heterocycles. The normalized spacial score (nSPS) is 14.6. The topological polar surface area (TPSA) is 35.6 Å². The monoisotopic (exact) mass is 367 g/mol. The van der Waals surface area contributed by atoms with Gasteiger partial charge in [-0.15, -0.1) is 0 Å². The van der Waals surface area contributed by atoms with Crippen LogP contribution in [-0.2, 0) is 0 Å². The Morgan fingerprint density at radius 1 is 1.00 bits per heavy atom. The number of urea groups is 1. The van der Waals surface area contributed by atoms with Crippen LogP contribution in [-0.4, -0.2) is 37.1 Å². The Morgan fingerprint density at radius 2 is 1.67 bits per heavy atom. The van der Waals surface area contributed by atoms with Gasteiger partial charge in [-0.2, -0.15) is 0 Å². The van der Waals surface area contributed by atoms with E-state index >= 15 is 0 Å². The van der Waals surface area contributed by atoms with Crippen LogP contribution in [0.5, 0.6) is 0 Å². The molecular formula is C17H16Cl2FN3O. The van der Waals surface area contributed by atoms with Gasteiger partial charge in [0.25, 0.3) is 0 Å². The summed E-state index contributed by atoms with van der Waals surface area (Å²) in [7, 11) is 0. The summed E-state index contributed by atoms with van der Waals surface area (Å²) in [5, 5.41) is 3.89. The molecule has 2 aromatic rings. The van der Waals surface area contributed by atoms with Gasteiger partial charge in [0, 0.05) is 47.6 Å². The number of nitrogens with zero attached hydrogens (tertiary/aromatic N) is 2. The molecule has 1 aliphatic heterocycles. The lowest BCUT2D eigenvalue weighted by atomic mass is 10.2. The zero-order valence-corrected chi connectivity index (χ0v) is 14.3. The van der Waals surface area contributed by atoms with Crippen LogP contribution in [0, 0.1) is 5.82 Å². The van der Waals surface area contributed by atoms with Crippen molar-refractivity contribution in [3.8, 4) is 0 Å². The van der Waals surface area contributed by atoms with Gasteiger partial charge in [0.15, 0.2) is 0 Å². The SMILES string of the molecule is O=C(Nc1cccc(F)c1)N1CCN(c2cc(Cl)cc(Cl)c2)CC1. The van der Waals surface area contributed by atoms with E-state index in [1.807, 2.05) is 12.1 Å². The molecule has 1 fully saturated rings. The third-order valence-electron chi connectivity index (χ3n) is 3.86. The fourth-order valence-corrected chi connectivity index (χ4v) is 3.17. The van der Waals surface area contributed by atoms with Crippen molar-refractivity contribution in [2.24, 2.45) is 0 Å². The average molecular weight is 368 g/mol. The van der Waals surface area contributed by atoms with Crippen LogP contribution in [0.3, 0.4) is 0 Å². The minimum absolute atomic E-state index is 0.232. The number of nitrogens with one attached hydrogen (secondary N) is 1. The first-order valence-corrected chi connectivity index (χ1v) is 8.29. The molecule has 1 N–H and O–H groups in total. The molecule has 0 aliphatic carbocycles. The zero-order valence-electron chi connectivity index (χ0n) is 12.8. The summed E-state index contributed by atoms with van der Waals surface area (Å²) >= 11 is 12.1. The number of benzene rings is 2. The Bertz CT molecular complexity index is 728. The van der Waals surface area contributed by atoms with Crippen LogP contribution in [0.25, 0.3) is 0 Å². The van der Waals surface area contributed by atoms with Gasteiger partial charge in [0.2, 0.25) is 0 Å². The Hall–Kier alpha value is -1.98. The molecule has 0 saturated carbocycles. The predicted octanol–water partition coefficient (Wildman–Crippen LogP) is 4.49. The van der Waals surface area contributed by atoms with Gasteiger partial charge < -0.3 is 15.1 Å². The Balaban J connectivity index is 1.59. The fourth-order valence-electron chi connectivity index (χ4n) is 2.66. The molecule has 126 valence electrons. The van der Waals surface area contributed by atoms with E-state index in [0.717, 1.165) is 5.69 Å². The van der Waals surface area contributed by atoms with Gasteiger partial charge in [-0.3, -0.25) is 0 Å². The van der Waals surface area contributed by atoms with E-state index in [4.69, 9.17) is 23.2 Å². The average Bonchev–Trinajstić information content (AvgIpc) is 2.54. The van der Waals surface area contributed by atoms with Crippen LogP contribution in [0.2, 0.25) is 10.0 Å². The van der Waals surface area contributed by atoms with Gasteiger partial charge >= 0.3 is 6.03 Å². The van der Waals surface area contributed by atoms with Gasteiger partial charge in [-0.05, 0) is 36.4 Å². The molecule has 1 aliphatic rings. The number of piperazine rings is 1. The number of carbonyl (C=O) groups is 1. The molecular weight excluding hydrogens is 352 g/mol. The van der Waals surface area contributed by atoms with Gasteiger partial charge in [-0.1, -0.05) is 29.3 Å². The lowest BCUT2D eigenvalue weighted by molar-refractivity contribution is 0.208. The van der Waals surface area contributed by atoms with E-state index in [1.165, 1.54) is 12.1 Å². The number of carbonyl (C=O) groups excluding carboxylic acids is 1. The second-order valence-corrected chi connectivity index (χ2v) is 6.42. The van der Waals surface area contributed by atoms with Crippen LogP contribution in [0.1, 0.15) is 0 Å². The highest BCUT2D eigenvalue weighted by atomic mass is 35.5. The summed E-state index contributed by atoms with van der Waals surface area (Å²) in [5.74, 6) is -0.379. The molecule has 2 aromatic carbocycles. The van der Waals surface area contributed by atoms with E-state index in [1.54, 1.807) is 23.1 Å². The molecule has 0 bridgehead atoms. The van der Waals surface area contributed by atoms with Crippen LogP contribution < -0.4 is 10.2 Å². The number of halogens is 3. The molecule has 0 unspecified atom stereocenters. The number of rotatable bonds is 2. The Morgan fingerprint density at radius 3 is 2.29 bits per heavy atom.